The highest BCUT2D eigenvalue weighted by Gasteiger charge is 2.09. The minimum absolute atomic E-state index is 0.313. The zero-order valence-electron chi connectivity index (χ0n) is 11.6. The van der Waals surface area contributed by atoms with Crippen LogP contribution in [0.5, 0.6) is 0 Å². The number of carbonyl (C=O) groups is 1. The Kier molecular flexibility index (Phi) is 6.05. The molecule has 0 aliphatic carbocycles. The number of anilines is 1. The number of amides is 1. The number of rotatable bonds is 7. The Morgan fingerprint density at radius 1 is 1.58 bits per heavy atom. The maximum atomic E-state index is 11.0. The zero-order valence-corrected chi connectivity index (χ0v) is 12.4. The van der Waals surface area contributed by atoms with E-state index in [1.807, 2.05) is 0 Å². The van der Waals surface area contributed by atoms with Crippen molar-refractivity contribution in [3.8, 4) is 0 Å². The molecule has 0 aliphatic heterocycles. The summed E-state index contributed by atoms with van der Waals surface area (Å²) in [6.07, 6.45) is 1.43. The topological polar surface area (TPSA) is 71.2 Å². The van der Waals surface area contributed by atoms with Gasteiger partial charge in [-0.05, 0) is 26.5 Å². The molecule has 19 heavy (non-hydrogen) atoms. The lowest BCUT2D eigenvalue weighted by molar-refractivity contribution is 0.1000. The van der Waals surface area contributed by atoms with Crippen LogP contribution in [0.2, 0.25) is 5.02 Å². The fourth-order valence-electron chi connectivity index (χ4n) is 1.80. The molecule has 1 amide bonds. The van der Waals surface area contributed by atoms with Crippen molar-refractivity contribution in [1.29, 1.82) is 0 Å². The molecule has 0 radical (unpaired) electrons. The maximum absolute atomic E-state index is 11.0. The van der Waals surface area contributed by atoms with Gasteiger partial charge in [0.2, 0.25) is 5.91 Å². The zero-order chi connectivity index (χ0) is 14.4. The fourth-order valence-corrected chi connectivity index (χ4v) is 2.04. The van der Waals surface area contributed by atoms with Crippen LogP contribution in [0.4, 0.5) is 5.82 Å². The highest BCUT2D eigenvalue weighted by Crippen LogP contribution is 2.19. The lowest BCUT2D eigenvalue weighted by Gasteiger charge is -2.24. The summed E-state index contributed by atoms with van der Waals surface area (Å²) in [7, 11) is 0. The van der Waals surface area contributed by atoms with Crippen LogP contribution in [0.25, 0.3) is 0 Å². The average Bonchev–Trinajstić information content (AvgIpc) is 2.35. The Balaban J connectivity index is 2.56. The molecule has 0 bridgehead atoms. The number of nitrogens with zero attached hydrogens (tertiary/aromatic N) is 2. The van der Waals surface area contributed by atoms with Crippen molar-refractivity contribution in [2.75, 3.05) is 25.0 Å². The molecule has 0 atom stereocenters. The number of hydrogen-bond donors (Lipinski definition) is 2. The molecule has 0 aliphatic rings. The smallest absolute Gasteiger partial charge is 0.250 e. The fraction of sp³-hybridized carbons (Fsp3) is 0.538. The van der Waals surface area contributed by atoms with E-state index in [2.05, 4.69) is 36.0 Å². The van der Waals surface area contributed by atoms with Gasteiger partial charge in [0.15, 0.2) is 0 Å². The molecule has 1 aromatic heterocycles. The first-order valence-electron chi connectivity index (χ1n) is 6.39. The largest absolute Gasteiger partial charge is 0.368 e. The molecule has 0 saturated heterocycles. The number of hydrogen-bond acceptors (Lipinski definition) is 4. The Hall–Kier alpha value is -1.33. The van der Waals surface area contributed by atoms with Gasteiger partial charge in [0.05, 0.1) is 10.6 Å². The third-order valence-corrected chi connectivity index (χ3v) is 3.24. The van der Waals surface area contributed by atoms with Gasteiger partial charge in [-0.2, -0.15) is 0 Å². The molecule has 0 fully saturated rings. The minimum atomic E-state index is -0.530. The highest BCUT2D eigenvalue weighted by atomic mass is 35.5. The predicted octanol–water partition coefficient (Wildman–Crippen LogP) is 1.98. The third kappa shape index (κ3) is 4.69. The first-order chi connectivity index (χ1) is 8.95. The van der Waals surface area contributed by atoms with Crippen molar-refractivity contribution in [1.82, 2.24) is 9.88 Å². The van der Waals surface area contributed by atoms with Crippen LogP contribution in [-0.2, 0) is 0 Å². The molecule has 3 N–H and O–H groups in total. The molecule has 1 rings (SSSR count). The molecule has 5 nitrogen and oxygen atoms in total. The van der Waals surface area contributed by atoms with Crippen LogP contribution in [0.1, 0.15) is 31.1 Å². The van der Waals surface area contributed by atoms with E-state index in [9.17, 15) is 4.79 Å². The Morgan fingerprint density at radius 2 is 2.26 bits per heavy atom. The summed E-state index contributed by atoms with van der Waals surface area (Å²) in [6, 6.07) is 2.03. The third-order valence-electron chi connectivity index (χ3n) is 2.95. The van der Waals surface area contributed by atoms with E-state index in [0.717, 1.165) is 19.6 Å². The summed E-state index contributed by atoms with van der Waals surface area (Å²) in [4.78, 5) is 17.4. The second-order valence-electron chi connectivity index (χ2n) is 4.57. The van der Waals surface area contributed by atoms with Gasteiger partial charge in [0, 0.05) is 25.3 Å². The molecule has 106 valence electrons. The first-order valence-corrected chi connectivity index (χ1v) is 6.76. The molecule has 1 heterocycles. The van der Waals surface area contributed by atoms with E-state index in [1.165, 1.54) is 12.3 Å². The number of halogens is 1. The van der Waals surface area contributed by atoms with Crippen molar-refractivity contribution < 1.29 is 4.79 Å². The van der Waals surface area contributed by atoms with Crippen LogP contribution < -0.4 is 11.1 Å². The lowest BCUT2D eigenvalue weighted by atomic mass is 10.2. The molecule has 0 aromatic carbocycles. The maximum Gasteiger partial charge on any atom is 0.250 e. The predicted molar refractivity (Wildman–Crippen MR) is 78.6 cm³/mol. The first kappa shape index (κ1) is 15.7. The molecule has 0 spiro atoms. The highest BCUT2D eigenvalue weighted by molar-refractivity contribution is 6.33. The summed E-state index contributed by atoms with van der Waals surface area (Å²) in [6.45, 7) is 9.11. The number of carbonyl (C=O) groups excluding carboxylic acids is 1. The van der Waals surface area contributed by atoms with Gasteiger partial charge in [-0.3, -0.25) is 9.69 Å². The van der Waals surface area contributed by atoms with Crippen LogP contribution in [0.3, 0.4) is 0 Å². The van der Waals surface area contributed by atoms with Crippen molar-refractivity contribution in [3.05, 3.63) is 22.8 Å². The molecule has 0 unspecified atom stereocenters. The Labute approximate surface area is 119 Å². The van der Waals surface area contributed by atoms with E-state index < -0.39 is 5.91 Å². The van der Waals surface area contributed by atoms with Gasteiger partial charge in [-0.15, -0.1) is 0 Å². The lowest BCUT2D eigenvalue weighted by Crippen LogP contribution is -2.34. The summed E-state index contributed by atoms with van der Waals surface area (Å²) in [5, 5.41) is 3.57. The quantitative estimate of drug-likeness (QED) is 0.803. The number of pyridine rings is 1. The second-order valence-corrected chi connectivity index (χ2v) is 4.97. The minimum Gasteiger partial charge on any atom is -0.368 e. The second kappa shape index (κ2) is 7.31. The van der Waals surface area contributed by atoms with Gasteiger partial charge >= 0.3 is 0 Å². The summed E-state index contributed by atoms with van der Waals surface area (Å²) in [5.74, 6) is 0.0457. The van der Waals surface area contributed by atoms with Gasteiger partial charge in [0.25, 0.3) is 0 Å². The van der Waals surface area contributed by atoms with E-state index >= 15 is 0 Å². The monoisotopic (exact) mass is 284 g/mol. The summed E-state index contributed by atoms with van der Waals surface area (Å²) in [5.41, 5.74) is 5.47. The van der Waals surface area contributed by atoms with Crippen molar-refractivity contribution in [3.63, 3.8) is 0 Å². The van der Waals surface area contributed by atoms with Gasteiger partial charge < -0.3 is 11.1 Å². The molecule has 0 saturated carbocycles. The number of nitrogens with one attached hydrogen (secondary N) is 1. The molecular formula is C13H21ClN4O. The van der Waals surface area contributed by atoms with E-state index in [1.54, 1.807) is 0 Å². The average molecular weight is 285 g/mol. The summed E-state index contributed by atoms with van der Waals surface area (Å²) < 4.78 is 0. The molecule has 1 aromatic rings. The van der Waals surface area contributed by atoms with Crippen molar-refractivity contribution in [2.24, 2.45) is 5.73 Å². The van der Waals surface area contributed by atoms with Crippen LogP contribution >= 0.6 is 11.6 Å². The van der Waals surface area contributed by atoms with Crippen molar-refractivity contribution >= 4 is 23.3 Å². The Morgan fingerprint density at radius 3 is 2.74 bits per heavy atom. The molecule has 6 heteroatoms. The van der Waals surface area contributed by atoms with E-state index in [-0.39, 0.29) is 0 Å². The van der Waals surface area contributed by atoms with Crippen LogP contribution in [0.15, 0.2) is 12.3 Å². The van der Waals surface area contributed by atoms with Crippen LogP contribution in [-0.4, -0.2) is 41.5 Å². The standard InChI is InChI=1S/C13H21ClN4O/c1-4-18(9(2)3)6-5-16-13-11(14)7-10(8-17-13)12(15)19/h7-9H,4-6H2,1-3H3,(H2,15,19)(H,16,17). The number of nitrogens with two attached hydrogens (primary N) is 1. The molecular weight excluding hydrogens is 264 g/mol. The van der Waals surface area contributed by atoms with Gasteiger partial charge in [0.1, 0.15) is 5.82 Å². The van der Waals surface area contributed by atoms with E-state index in [0.29, 0.717) is 22.4 Å². The van der Waals surface area contributed by atoms with Gasteiger partial charge in [-0.25, -0.2) is 4.98 Å². The number of aromatic nitrogens is 1. The van der Waals surface area contributed by atoms with Crippen molar-refractivity contribution in [2.45, 2.75) is 26.8 Å². The van der Waals surface area contributed by atoms with Gasteiger partial charge in [-0.1, -0.05) is 18.5 Å². The normalized spacial score (nSPS) is 11.1. The summed E-state index contributed by atoms with van der Waals surface area (Å²) >= 11 is 6.04. The number of primary amides is 1. The SMILES string of the molecule is CCN(CCNc1ncc(C(N)=O)cc1Cl)C(C)C. The Bertz CT molecular complexity index is 437. The van der Waals surface area contributed by atoms with Crippen LogP contribution in [0, 0.1) is 0 Å². The number of likely N-dealkylation sites (N-methyl/N-ethyl adjacent to an activating group) is 1. The van der Waals surface area contributed by atoms with E-state index in [4.69, 9.17) is 17.3 Å².